The molecule has 0 unspecified atom stereocenters. The van der Waals surface area contributed by atoms with Crippen molar-refractivity contribution >= 4 is 5.91 Å². The zero-order valence-corrected chi connectivity index (χ0v) is 13.6. The van der Waals surface area contributed by atoms with Crippen molar-refractivity contribution in [3.63, 3.8) is 0 Å². The van der Waals surface area contributed by atoms with Crippen LogP contribution in [0, 0.1) is 0 Å². The zero-order valence-electron chi connectivity index (χ0n) is 13.6. The SMILES string of the molecule is CCc1nccn1CCN1CCN(C(=O)Cn2cccn2)CC1. The molecule has 3 rings (SSSR count). The van der Waals surface area contributed by atoms with E-state index in [2.05, 4.69) is 26.5 Å². The molecule has 7 nitrogen and oxygen atoms in total. The summed E-state index contributed by atoms with van der Waals surface area (Å²) in [6.45, 7) is 7.89. The van der Waals surface area contributed by atoms with Gasteiger partial charge in [-0.15, -0.1) is 0 Å². The predicted octanol–water partition coefficient (Wildman–Crippen LogP) is 0.486. The van der Waals surface area contributed by atoms with Gasteiger partial charge in [-0.05, 0) is 6.07 Å². The highest BCUT2D eigenvalue weighted by atomic mass is 16.2. The molecule has 0 aromatic carbocycles. The molecule has 3 heterocycles. The lowest BCUT2D eigenvalue weighted by molar-refractivity contribution is -0.133. The van der Waals surface area contributed by atoms with Crippen LogP contribution < -0.4 is 0 Å². The first kappa shape index (κ1) is 15.7. The lowest BCUT2D eigenvalue weighted by Gasteiger charge is -2.34. The van der Waals surface area contributed by atoms with E-state index < -0.39 is 0 Å². The summed E-state index contributed by atoms with van der Waals surface area (Å²) in [7, 11) is 0. The van der Waals surface area contributed by atoms with E-state index in [9.17, 15) is 4.79 Å². The van der Waals surface area contributed by atoms with Crippen LogP contribution in [0.2, 0.25) is 0 Å². The van der Waals surface area contributed by atoms with Gasteiger partial charge in [0.05, 0.1) is 0 Å². The van der Waals surface area contributed by atoms with Crippen LogP contribution in [0.1, 0.15) is 12.7 Å². The number of hydrogen-bond donors (Lipinski definition) is 0. The third kappa shape index (κ3) is 3.98. The van der Waals surface area contributed by atoms with Gasteiger partial charge >= 0.3 is 0 Å². The van der Waals surface area contributed by atoms with Gasteiger partial charge in [-0.25, -0.2) is 4.98 Å². The topological polar surface area (TPSA) is 59.2 Å². The maximum atomic E-state index is 12.2. The fraction of sp³-hybridized carbons (Fsp3) is 0.562. The fourth-order valence-corrected chi connectivity index (χ4v) is 2.96. The Morgan fingerprint density at radius 1 is 1.13 bits per heavy atom. The Bertz CT molecular complexity index is 612. The largest absolute Gasteiger partial charge is 0.339 e. The number of rotatable bonds is 6. The lowest BCUT2D eigenvalue weighted by atomic mass is 10.3. The van der Waals surface area contributed by atoms with Crippen LogP contribution in [0.25, 0.3) is 0 Å². The molecule has 0 aliphatic carbocycles. The second-order valence-electron chi connectivity index (χ2n) is 5.82. The van der Waals surface area contributed by atoms with E-state index in [1.54, 1.807) is 10.9 Å². The summed E-state index contributed by atoms with van der Waals surface area (Å²) in [5.74, 6) is 1.29. The summed E-state index contributed by atoms with van der Waals surface area (Å²) in [5, 5.41) is 4.09. The Morgan fingerprint density at radius 2 is 1.96 bits per heavy atom. The third-order valence-corrected chi connectivity index (χ3v) is 4.36. The van der Waals surface area contributed by atoms with Gasteiger partial charge in [0.2, 0.25) is 5.91 Å². The van der Waals surface area contributed by atoms with Crippen molar-refractivity contribution in [3.8, 4) is 0 Å². The van der Waals surface area contributed by atoms with Crippen molar-refractivity contribution in [2.75, 3.05) is 32.7 Å². The molecule has 23 heavy (non-hydrogen) atoms. The molecule has 2 aromatic rings. The molecule has 2 aromatic heterocycles. The monoisotopic (exact) mass is 316 g/mol. The molecule has 1 aliphatic rings. The summed E-state index contributed by atoms with van der Waals surface area (Å²) in [6, 6.07) is 1.84. The van der Waals surface area contributed by atoms with E-state index in [1.165, 1.54) is 0 Å². The molecule has 1 amide bonds. The van der Waals surface area contributed by atoms with Crippen LogP contribution >= 0.6 is 0 Å². The van der Waals surface area contributed by atoms with Gasteiger partial charge in [0.15, 0.2) is 0 Å². The number of amides is 1. The first-order chi connectivity index (χ1) is 11.3. The molecule has 0 bridgehead atoms. The van der Waals surface area contributed by atoms with Crippen molar-refractivity contribution < 1.29 is 4.79 Å². The van der Waals surface area contributed by atoms with Crippen LogP contribution in [-0.4, -0.2) is 67.8 Å². The number of carbonyl (C=O) groups is 1. The molecule has 124 valence electrons. The zero-order chi connectivity index (χ0) is 16.1. The molecule has 0 spiro atoms. The number of nitrogens with zero attached hydrogens (tertiary/aromatic N) is 6. The molecule has 1 aliphatic heterocycles. The molecule has 0 atom stereocenters. The van der Waals surface area contributed by atoms with E-state index in [0.29, 0.717) is 6.54 Å². The molecule has 0 radical (unpaired) electrons. The minimum atomic E-state index is 0.149. The second kappa shape index (κ2) is 7.41. The summed E-state index contributed by atoms with van der Waals surface area (Å²) < 4.78 is 3.90. The number of imidazole rings is 1. The number of piperazine rings is 1. The standard InChI is InChI=1S/C16H24N6O/c1-2-15-17-5-7-20(15)11-8-19-9-12-21(13-10-19)16(23)14-22-6-3-4-18-22/h3-7H,2,8-14H2,1H3. The van der Waals surface area contributed by atoms with Crippen LogP contribution in [-0.2, 0) is 24.3 Å². The number of aromatic nitrogens is 4. The first-order valence-electron chi connectivity index (χ1n) is 8.24. The van der Waals surface area contributed by atoms with Crippen molar-refractivity contribution in [2.45, 2.75) is 26.4 Å². The Kier molecular flexibility index (Phi) is 5.07. The lowest BCUT2D eigenvalue weighted by Crippen LogP contribution is -2.50. The van der Waals surface area contributed by atoms with E-state index in [0.717, 1.165) is 51.5 Å². The fourth-order valence-electron chi connectivity index (χ4n) is 2.96. The summed E-state index contributed by atoms with van der Waals surface area (Å²) >= 11 is 0. The van der Waals surface area contributed by atoms with Crippen molar-refractivity contribution in [3.05, 3.63) is 36.7 Å². The second-order valence-corrected chi connectivity index (χ2v) is 5.82. The van der Waals surface area contributed by atoms with E-state index >= 15 is 0 Å². The molecule has 0 N–H and O–H groups in total. The molecule has 1 saturated heterocycles. The third-order valence-electron chi connectivity index (χ3n) is 4.36. The van der Waals surface area contributed by atoms with Gasteiger partial charge in [-0.1, -0.05) is 6.92 Å². The molecule has 1 fully saturated rings. The Balaban J connectivity index is 1.42. The number of carbonyl (C=O) groups excluding carboxylic acids is 1. The first-order valence-corrected chi connectivity index (χ1v) is 8.24. The van der Waals surface area contributed by atoms with E-state index in [-0.39, 0.29) is 5.91 Å². The van der Waals surface area contributed by atoms with Gasteiger partial charge in [-0.3, -0.25) is 14.4 Å². The van der Waals surface area contributed by atoms with Gasteiger partial charge in [0, 0.05) is 70.5 Å². The Hall–Kier alpha value is -2.15. The van der Waals surface area contributed by atoms with Crippen molar-refractivity contribution in [2.24, 2.45) is 0 Å². The minimum Gasteiger partial charge on any atom is -0.339 e. The maximum Gasteiger partial charge on any atom is 0.244 e. The summed E-state index contributed by atoms with van der Waals surface area (Å²) in [5.41, 5.74) is 0. The normalized spacial score (nSPS) is 16.0. The average molecular weight is 316 g/mol. The van der Waals surface area contributed by atoms with Gasteiger partial charge < -0.3 is 9.47 Å². The Morgan fingerprint density at radius 3 is 2.65 bits per heavy atom. The highest BCUT2D eigenvalue weighted by molar-refractivity contribution is 5.76. The van der Waals surface area contributed by atoms with Gasteiger partial charge in [0.1, 0.15) is 12.4 Å². The smallest absolute Gasteiger partial charge is 0.244 e. The van der Waals surface area contributed by atoms with Gasteiger partial charge in [0.25, 0.3) is 0 Å². The van der Waals surface area contributed by atoms with E-state index in [1.807, 2.05) is 29.6 Å². The minimum absolute atomic E-state index is 0.149. The van der Waals surface area contributed by atoms with Crippen molar-refractivity contribution in [1.82, 2.24) is 29.1 Å². The van der Waals surface area contributed by atoms with Crippen molar-refractivity contribution in [1.29, 1.82) is 0 Å². The van der Waals surface area contributed by atoms with Crippen LogP contribution in [0.4, 0.5) is 0 Å². The highest BCUT2D eigenvalue weighted by Crippen LogP contribution is 2.05. The van der Waals surface area contributed by atoms with Crippen LogP contribution in [0.15, 0.2) is 30.9 Å². The molecule has 0 saturated carbocycles. The summed E-state index contributed by atoms with van der Waals surface area (Å²) in [6.07, 6.45) is 8.40. The molecule has 7 heteroatoms. The molecular weight excluding hydrogens is 292 g/mol. The number of aryl methyl sites for hydroxylation is 1. The van der Waals surface area contributed by atoms with E-state index in [4.69, 9.17) is 0 Å². The average Bonchev–Trinajstić information content (AvgIpc) is 3.24. The Labute approximate surface area is 136 Å². The highest BCUT2D eigenvalue weighted by Gasteiger charge is 2.21. The summed E-state index contributed by atoms with van der Waals surface area (Å²) in [4.78, 5) is 20.9. The molecular formula is C16H24N6O. The van der Waals surface area contributed by atoms with Gasteiger partial charge in [-0.2, -0.15) is 5.10 Å². The predicted molar refractivity (Wildman–Crippen MR) is 86.9 cm³/mol. The van der Waals surface area contributed by atoms with Crippen LogP contribution in [0.3, 0.4) is 0 Å². The van der Waals surface area contributed by atoms with Crippen LogP contribution in [0.5, 0.6) is 0 Å². The maximum absolute atomic E-state index is 12.2. The number of hydrogen-bond acceptors (Lipinski definition) is 4. The quantitative estimate of drug-likeness (QED) is 0.778.